The van der Waals surface area contributed by atoms with E-state index < -0.39 is 15.8 Å². The summed E-state index contributed by atoms with van der Waals surface area (Å²) < 4.78 is 52.4. The lowest BCUT2D eigenvalue weighted by atomic mass is 10.2. The Labute approximate surface area is 140 Å². The van der Waals surface area contributed by atoms with E-state index in [4.69, 9.17) is 0 Å². The highest BCUT2D eigenvalue weighted by molar-refractivity contribution is 7.89. The van der Waals surface area contributed by atoms with E-state index in [2.05, 4.69) is 4.90 Å². The molecule has 7 heteroatoms. The summed E-state index contributed by atoms with van der Waals surface area (Å²) in [5.41, 5.74) is 0.992. The molecule has 1 heterocycles. The molecule has 0 N–H and O–H groups in total. The lowest BCUT2D eigenvalue weighted by Gasteiger charge is -2.34. The molecule has 128 valence electrons. The quantitative estimate of drug-likeness (QED) is 0.849. The van der Waals surface area contributed by atoms with Crippen LogP contribution in [0.15, 0.2) is 53.4 Å². The molecule has 3 rings (SSSR count). The van der Waals surface area contributed by atoms with Crippen LogP contribution in [0.5, 0.6) is 0 Å². The Balaban J connectivity index is 1.62. The summed E-state index contributed by atoms with van der Waals surface area (Å²) in [6.45, 7) is 2.60. The number of sulfonamides is 1. The Morgan fingerprint density at radius 3 is 1.83 bits per heavy atom. The molecule has 2 aromatic carbocycles. The summed E-state index contributed by atoms with van der Waals surface area (Å²) in [4.78, 5) is 2.24. The normalized spacial score (nSPS) is 17.1. The van der Waals surface area contributed by atoms with Crippen molar-refractivity contribution in [1.29, 1.82) is 0 Å². The highest BCUT2D eigenvalue weighted by atomic mass is 32.2. The third-order valence-electron chi connectivity index (χ3n) is 4.10. The first kappa shape index (κ1) is 17.0. The fourth-order valence-corrected chi connectivity index (χ4v) is 4.15. The number of piperazine rings is 1. The summed E-state index contributed by atoms with van der Waals surface area (Å²) in [7, 11) is -3.59. The minimum Gasteiger partial charge on any atom is -0.296 e. The number of rotatable bonds is 4. The molecule has 1 aliphatic heterocycles. The van der Waals surface area contributed by atoms with Crippen molar-refractivity contribution in [3.05, 3.63) is 65.7 Å². The second-order valence-electron chi connectivity index (χ2n) is 5.76. The first-order valence-corrected chi connectivity index (χ1v) is 9.12. The zero-order chi connectivity index (χ0) is 17.2. The molecule has 0 aliphatic carbocycles. The van der Waals surface area contributed by atoms with E-state index in [-0.39, 0.29) is 10.7 Å². The smallest absolute Gasteiger partial charge is 0.243 e. The second kappa shape index (κ2) is 6.96. The molecule has 1 saturated heterocycles. The second-order valence-corrected chi connectivity index (χ2v) is 7.70. The fourth-order valence-electron chi connectivity index (χ4n) is 2.73. The summed E-state index contributed by atoms with van der Waals surface area (Å²) in [5, 5.41) is 0. The molecule has 1 aliphatic rings. The summed E-state index contributed by atoms with van der Waals surface area (Å²) in [5.74, 6) is -0.730. The third-order valence-corrected chi connectivity index (χ3v) is 6.01. The molecule has 0 atom stereocenters. The Morgan fingerprint density at radius 1 is 0.792 bits per heavy atom. The fraction of sp³-hybridized carbons (Fsp3) is 0.294. The van der Waals surface area contributed by atoms with E-state index >= 15 is 0 Å². The lowest BCUT2D eigenvalue weighted by Crippen LogP contribution is -2.48. The molecule has 0 unspecified atom stereocenters. The highest BCUT2D eigenvalue weighted by Crippen LogP contribution is 2.19. The topological polar surface area (TPSA) is 40.6 Å². The maximum atomic E-state index is 13.0. The van der Waals surface area contributed by atoms with Gasteiger partial charge in [0.1, 0.15) is 11.6 Å². The van der Waals surface area contributed by atoms with Crippen molar-refractivity contribution >= 4 is 10.0 Å². The van der Waals surface area contributed by atoms with E-state index in [9.17, 15) is 17.2 Å². The van der Waals surface area contributed by atoms with Gasteiger partial charge in [0.05, 0.1) is 4.90 Å². The van der Waals surface area contributed by atoms with Crippen LogP contribution >= 0.6 is 0 Å². The maximum absolute atomic E-state index is 13.0. The zero-order valence-corrected chi connectivity index (χ0v) is 13.8. The largest absolute Gasteiger partial charge is 0.296 e. The molecule has 0 radical (unpaired) electrons. The molecule has 0 spiro atoms. The van der Waals surface area contributed by atoms with Crippen LogP contribution in [0.1, 0.15) is 5.56 Å². The minimum absolute atomic E-state index is 0.107. The van der Waals surface area contributed by atoms with Gasteiger partial charge in [-0.15, -0.1) is 0 Å². The third kappa shape index (κ3) is 3.80. The van der Waals surface area contributed by atoms with Gasteiger partial charge in [-0.1, -0.05) is 12.1 Å². The van der Waals surface area contributed by atoms with Gasteiger partial charge >= 0.3 is 0 Å². The Hall–Kier alpha value is -1.83. The number of hydrogen-bond donors (Lipinski definition) is 0. The van der Waals surface area contributed by atoms with Crippen molar-refractivity contribution in [3.63, 3.8) is 0 Å². The molecular weight excluding hydrogens is 334 g/mol. The van der Waals surface area contributed by atoms with Crippen molar-refractivity contribution in [2.45, 2.75) is 11.4 Å². The van der Waals surface area contributed by atoms with Crippen LogP contribution in [0.3, 0.4) is 0 Å². The summed E-state index contributed by atoms with van der Waals surface area (Å²) in [6, 6.07) is 11.2. The van der Waals surface area contributed by atoms with Gasteiger partial charge in [0.2, 0.25) is 10.0 Å². The van der Waals surface area contributed by atoms with E-state index in [0.717, 1.165) is 17.7 Å². The van der Waals surface area contributed by atoms with Crippen molar-refractivity contribution in [3.8, 4) is 0 Å². The van der Waals surface area contributed by atoms with E-state index in [1.54, 1.807) is 12.1 Å². The van der Waals surface area contributed by atoms with Gasteiger partial charge in [-0.25, -0.2) is 17.2 Å². The average molecular weight is 352 g/mol. The molecule has 4 nitrogen and oxygen atoms in total. The van der Waals surface area contributed by atoms with Gasteiger partial charge in [0.25, 0.3) is 0 Å². The van der Waals surface area contributed by atoms with E-state index in [1.807, 2.05) is 0 Å². The molecule has 0 bridgehead atoms. The van der Waals surface area contributed by atoms with Gasteiger partial charge in [-0.2, -0.15) is 4.31 Å². The predicted octanol–water partition coefficient (Wildman–Crippen LogP) is 2.47. The number of halogens is 2. The van der Waals surface area contributed by atoms with Gasteiger partial charge in [0.15, 0.2) is 0 Å². The van der Waals surface area contributed by atoms with Gasteiger partial charge < -0.3 is 0 Å². The lowest BCUT2D eigenvalue weighted by molar-refractivity contribution is 0.181. The molecule has 2 aromatic rings. The highest BCUT2D eigenvalue weighted by Gasteiger charge is 2.28. The number of nitrogens with zero attached hydrogens (tertiary/aromatic N) is 2. The van der Waals surface area contributed by atoms with E-state index in [1.165, 1.54) is 28.6 Å². The van der Waals surface area contributed by atoms with Crippen molar-refractivity contribution in [2.24, 2.45) is 0 Å². The zero-order valence-electron chi connectivity index (χ0n) is 13.0. The first-order chi connectivity index (χ1) is 11.4. The standard InChI is InChI=1S/C17H18F2N2O2S/c18-15-3-1-14(2-4-15)13-20-9-11-21(12-10-20)24(22,23)17-7-5-16(19)6-8-17/h1-8H,9-13H2. The molecule has 0 amide bonds. The molecule has 0 saturated carbocycles. The van der Waals surface area contributed by atoms with Crippen molar-refractivity contribution in [1.82, 2.24) is 9.21 Å². The van der Waals surface area contributed by atoms with Crippen LogP contribution in [0.4, 0.5) is 8.78 Å². The molecular formula is C17H18F2N2O2S. The van der Waals surface area contributed by atoms with Gasteiger partial charge in [0, 0.05) is 32.7 Å². The maximum Gasteiger partial charge on any atom is 0.243 e. The molecule has 24 heavy (non-hydrogen) atoms. The van der Waals surface area contributed by atoms with Crippen molar-refractivity contribution in [2.75, 3.05) is 26.2 Å². The number of hydrogen-bond acceptors (Lipinski definition) is 3. The average Bonchev–Trinajstić information content (AvgIpc) is 2.58. The van der Waals surface area contributed by atoms with Crippen molar-refractivity contribution < 1.29 is 17.2 Å². The van der Waals surface area contributed by atoms with Crippen LogP contribution in [0, 0.1) is 11.6 Å². The number of benzene rings is 2. The van der Waals surface area contributed by atoms with E-state index in [0.29, 0.717) is 32.7 Å². The van der Waals surface area contributed by atoms with Crippen LogP contribution < -0.4 is 0 Å². The Morgan fingerprint density at radius 2 is 1.29 bits per heavy atom. The minimum atomic E-state index is -3.59. The first-order valence-electron chi connectivity index (χ1n) is 7.68. The van der Waals surface area contributed by atoms with Gasteiger partial charge in [-0.3, -0.25) is 4.90 Å². The Kier molecular flexibility index (Phi) is 4.93. The monoisotopic (exact) mass is 352 g/mol. The van der Waals surface area contributed by atoms with Crippen LogP contribution in [0.25, 0.3) is 0 Å². The predicted molar refractivity (Wildman–Crippen MR) is 86.8 cm³/mol. The molecule has 0 aromatic heterocycles. The van der Waals surface area contributed by atoms with Crippen LogP contribution in [-0.2, 0) is 16.6 Å². The summed E-state index contributed by atoms with van der Waals surface area (Å²) >= 11 is 0. The SMILES string of the molecule is O=S(=O)(c1ccc(F)cc1)N1CCN(Cc2ccc(F)cc2)CC1. The summed E-state index contributed by atoms with van der Waals surface area (Å²) in [6.07, 6.45) is 0. The Bertz CT molecular complexity index is 784. The van der Waals surface area contributed by atoms with Crippen LogP contribution in [-0.4, -0.2) is 43.8 Å². The molecule has 1 fully saturated rings. The van der Waals surface area contributed by atoms with Crippen LogP contribution in [0.2, 0.25) is 0 Å². The van der Waals surface area contributed by atoms with Gasteiger partial charge in [-0.05, 0) is 42.0 Å².